The number of methoxy groups -OCH3 is 1. The lowest BCUT2D eigenvalue weighted by Crippen LogP contribution is -2.62. The second-order valence-electron chi connectivity index (χ2n) is 5.63. The number of alkyl halides is 3. The van der Waals surface area contributed by atoms with E-state index in [4.69, 9.17) is 0 Å². The first-order valence-corrected chi connectivity index (χ1v) is 7.06. The molecule has 22 heavy (non-hydrogen) atoms. The van der Waals surface area contributed by atoms with E-state index in [0.29, 0.717) is 6.54 Å². The number of aliphatic hydroxyl groups is 1. The van der Waals surface area contributed by atoms with Crippen LogP contribution in [-0.4, -0.2) is 71.5 Å². The molecule has 6 nitrogen and oxygen atoms in total. The van der Waals surface area contributed by atoms with E-state index in [2.05, 4.69) is 4.74 Å². The first kappa shape index (κ1) is 17.0. The number of halogens is 3. The number of hydrogen-bond acceptors (Lipinski definition) is 5. The normalized spacial score (nSPS) is 31.1. The summed E-state index contributed by atoms with van der Waals surface area (Å²) in [5, 5.41) is 10.6. The van der Waals surface area contributed by atoms with E-state index in [-0.39, 0.29) is 31.8 Å². The number of hydrogen-bond donors (Lipinski definition) is 1. The Balaban J connectivity index is 2.21. The van der Waals surface area contributed by atoms with Crippen molar-refractivity contribution < 1.29 is 32.6 Å². The van der Waals surface area contributed by atoms with Gasteiger partial charge in [0.1, 0.15) is 5.72 Å². The summed E-state index contributed by atoms with van der Waals surface area (Å²) in [6, 6.07) is -2.37. The van der Waals surface area contributed by atoms with Gasteiger partial charge in [-0.1, -0.05) is 0 Å². The summed E-state index contributed by atoms with van der Waals surface area (Å²) >= 11 is 0. The number of amides is 1. The van der Waals surface area contributed by atoms with Crippen LogP contribution in [0.5, 0.6) is 0 Å². The number of piperidine rings is 1. The first-order valence-electron chi connectivity index (χ1n) is 7.06. The number of carbonyl (C=O) groups is 2. The minimum absolute atomic E-state index is 0.0212. The molecule has 0 aromatic rings. The van der Waals surface area contributed by atoms with Crippen molar-refractivity contribution in [2.75, 3.05) is 26.7 Å². The number of ether oxygens (including phenoxy) is 1. The molecule has 0 bridgehead atoms. The van der Waals surface area contributed by atoms with Crippen LogP contribution in [0.25, 0.3) is 0 Å². The zero-order chi connectivity index (χ0) is 16.7. The summed E-state index contributed by atoms with van der Waals surface area (Å²) in [5.41, 5.74) is -1.42. The lowest BCUT2D eigenvalue weighted by atomic mass is 9.88. The van der Waals surface area contributed by atoms with Gasteiger partial charge in [0.15, 0.2) is 0 Å². The molecule has 126 valence electrons. The molecular formula is C13H19F3N2O4. The van der Waals surface area contributed by atoms with Gasteiger partial charge in [-0.3, -0.25) is 9.69 Å². The molecule has 0 aromatic heterocycles. The van der Waals surface area contributed by atoms with Crippen LogP contribution in [0.3, 0.4) is 0 Å². The zero-order valence-corrected chi connectivity index (χ0v) is 12.4. The monoisotopic (exact) mass is 324 g/mol. The van der Waals surface area contributed by atoms with Crippen LogP contribution < -0.4 is 0 Å². The van der Waals surface area contributed by atoms with Crippen LogP contribution in [0.2, 0.25) is 0 Å². The lowest BCUT2D eigenvalue weighted by molar-refractivity contribution is -0.217. The molecule has 0 aliphatic carbocycles. The standard InChI is InChI=1S/C13H19F3N2O4/c1-3-18-9(19)6-8-7-17(5-4-12(8,18)21)10(11(20)22-2)13(14,15)16/h8,10,21H,3-7H2,1-2H3/t8-,10-,12-/m0/s1. The summed E-state index contributed by atoms with van der Waals surface area (Å²) in [6.07, 6.45) is -4.82. The SMILES string of the molecule is CCN1C(=O)C[C@H]2CN([C@@H](C(=O)OC)C(F)(F)F)CC[C@]21O. The average molecular weight is 324 g/mol. The van der Waals surface area contributed by atoms with Crippen molar-refractivity contribution in [3.63, 3.8) is 0 Å². The topological polar surface area (TPSA) is 70.1 Å². The molecule has 0 aromatic carbocycles. The lowest BCUT2D eigenvalue weighted by Gasteiger charge is -2.45. The van der Waals surface area contributed by atoms with Crippen LogP contribution in [0, 0.1) is 5.92 Å². The number of fused-ring (bicyclic) bond motifs is 1. The molecule has 2 rings (SSSR count). The van der Waals surface area contributed by atoms with Crippen molar-refractivity contribution in [2.45, 2.75) is 37.7 Å². The predicted molar refractivity (Wildman–Crippen MR) is 68.5 cm³/mol. The van der Waals surface area contributed by atoms with E-state index in [0.717, 1.165) is 12.0 Å². The molecule has 0 saturated carbocycles. The molecule has 0 spiro atoms. The molecule has 9 heteroatoms. The van der Waals surface area contributed by atoms with Gasteiger partial charge in [0.05, 0.1) is 7.11 Å². The van der Waals surface area contributed by atoms with Crippen molar-refractivity contribution in [1.29, 1.82) is 0 Å². The van der Waals surface area contributed by atoms with Crippen molar-refractivity contribution in [2.24, 2.45) is 5.92 Å². The molecule has 2 heterocycles. The number of esters is 1. The Morgan fingerprint density at radius 2 is 2.18 bits per heavy atom. The van der Waals surface area contributed by atoms with Gasteiger partial charge >= 0.3 is 12.1 Å². The van der Waals surface area contributed by atoms with Crippen molar-refractivity contribution in [3.8, 4) is 0 Å². The van der Waals surface area contributed by atoms with E-state index in [1.807, 2.05) is 0 Å². The Labute approximate surface area is 125 Å². The minimum Gasteiger partial charge on any atom is -0.468 e. The van der Waals surface area contributed by atoms with Crippen molar-refractivity contribution >= 4 is 11.9 Å². The highest BCUT2D eigenvalue weighted by atomic mass is 19.4. The number of rotatable bonds is 3. The maximum Gasteiger partial charge on any atom is 0.414 e. The van der Waals surface area contributed by atoms with Crippen LogP contribution in [0.1, 0.15) is 19.8 Å². The molecule has 2 fully saturated rings. The Kier molecular flexibility index (Phi) is 4.40. The van der Waals surface area contributed by atoms with Gasteiger partial charge in [-0.2, -0.15) is 13.2 Å². The Bertz CT molecular complexity index is 471. The largest absolute Gasteiger partial charge is 0.468 e. The van der Waals surface area contributed by atoms with Crippen LogP contribution in [0.15, 0.2) is 0 Å². The summed E-state index contributed by atoms with van der Waals surface area (Å²) in [6.45, 7) is 1.68. The van der Waals surface area contributed by atoms with Crippen LogP contribution in [-0.2, 0) is 14.3 Å². The van der Waals surface area contributed by atoms with E-state index >= 15 is 0 Å². The fourth-order valence-corrected chi connectivity index (χ4v) is 3.44. The molecule has 2 aliphatic heterocycles. The number of likely N-dealkylation sites (tertiary alicyclic amines) is 2. The smallest absolute Gasteiger partial charge is 0.414 e. The third-order valence-corrected chi connectivity index (χ3v) is 4.48. The highest BCUT2D eigenvalue weighted by Gasteiger charge is 2.58. The Hall–Kier alpha value is -1.35. The summed E-state index contributed by atoms with van der Waals surface area (Å²) < 4.78 is 43.6. The number of carbonyl (C=O) groups excluding carboxylic acids is 2. The maximum atomic E-state index is 13.1. The number of nitrogens with zero attached hydrogens (tertiary/aromatic N) is 2. The Morgan fingerprint density at radius 1 is 1.55 bits per heavy atom. The van der Waals surface area contributed by atoms with Gasteiger partial charge in [-0.05, 0) is 6.92 Å². The van der Waals surface area contributed by atoms with E-state index in [1.165, 1.54) is 4.90 Å². The van der Waals surface area contributed by atoms with E-state index in [9.17, 15) is 27.9 Å². The molecular weight excluding hydrogens is 305 g/mol. The summed E-state index contributed by atoms with van der Waals surface area (Å²) in [7, 11) is 0.902. The summed E-state index contributed by atoms with van der Waals surface area (Å²) in [5.74, 6) is -2.31. The molecule has 0 radical (unpaired) electrons. The van der Waals surface area contributed by atoms with Crippen molar-refractivity contribution in [3.05, 3.63) is 0 Å². The summed E-state index contributed by atoms with van der Waals surface area (Å²) in [4.78, 5) is 25.6. The molecule has 1 amide bonds. The Morgan fingerprint density at radius 3 is 2.68 bits per heavy atom. The fourth-order valence-electron chi connectivity index (χ4n) is 3.44. The molecule has 3 atom stereocenters. The highest BCUT2D eigenvalue weighted by Crippen LogP contribution is 2.41. The van der Waals surface area contributed by atoms with Gasteiger partial charge in [0, 0.05) is 38.4 Å². The third kappa shape index (κ3) is 2.67. The average Bonchev–Trinajstić information content (AvgIpc) is 2.66. The van der Waals surface area contributed by atoms with Crippen LogP contribution in [0.4, 0.5) is 13.2 Å². The second-order valence-corrected chi connectivity index (χ2v) is 5.63. The van der Waals surface area contributed by atoms with E-state index < -0.39 is 29.8 Å². The zero-order valence-electron chi connectivity index (χ0n) is 12.4. The minimum atomic E-state index is -4.77. The van der Waals surface area contributed by atoms with E-state index in [1.54, 1.807) is 6.92 Å². The highest BCUT2D eigenvalue weighted by molar-refractivity contribution is 5.80. The third-order valence-electron chi connectivity index (χ3n) is 4.48. The quantitative estimate of drug-likeness (QED) is 0.759. The van der Waals surface area contributed by atoms with Gasteiger partial charge in [0.25, 0.3) is 0 Å². The van der Waals surface area contributed by atoms with Gasteiger partial charge in [0.2, 0.25) is 11.9 Å². The fraction of sp³-hybridized carbons (Fsp3) is 0.846. The van der Waals surface area contributed by atoms with Gasteiger partial charge in [-0.15, -0.1) is 0 Å². The predicted octanol–water partition coefficient (Wildman–Crippen LogP) is 0.353. The molecule has 2 aliphatic rings. The second kappa shape index (κ2) is 5.69. The first-order chi connectivity index (χ1) is 10.1. The molecule has 0 unspecified atom stereocenters. The van der Waals surface area contributed by atoms with Gasteiger partial charge < -0.3 is 14.7 Å². The van der Waals surface area contributed by atoms with Gasteiger partial charge in [-0.25, -0.2) is 4.79 Å². The maximum absolute atomic E-state index is 13.1. The van der Waals surface area contributed by atoms with Crippen LogP contribution >= 0.6 is 0 Å². The van der Waals surface area contributed by atoms with Crippen molar-refractivity contribution in [1.82, 2.24) is 9.80 Å². The molecule has 2 saturated heterocycles. The molecule has 1 N–H and O–H groups in total.